The molecule has 0 amide bonds. The van der Waals surface area contributed by atoms with Crippen LogP contribution in [0.15, 0.2) is 23.7 Å². The minimum atomic E-state index is -0.567. The molecule has 0 atom stereocenters. The zero-order valence-electron chi connectivity index (χ0n) is 7.42. The normalized spacial score (nSPS) is 10.5. The zero-order valence-corrected chi connectivity index (χ0v) is 8.24. The molecule has 0 N–H and O–H groups in total. The van der Waals surface area contributed by atoms with E-state index in [2.05, 4.69) is 4.98 Å². The Hall–Kier alpha value is -1.29. The van der Waals surface area contributed by atoms with Gasteiger partial charge >= 0.3 is 0 Å². The van der Waals surface area contributed by atoms with Crippen LogP contribution in [0.25, 0.3) is 10.6 Å². The molecule has 0 saturated carbocycles. The predicted molar refractivity (Wildman–Crippen MR) is 52.2 cm³/mol. The Morgan fingerprint density at radius 1 is 1.29 bits per heavy atom. The van der Waals surface area contributed by atoms with Gasteiger partial charge in [0.25, 0.3) is 0 Å². The van der Waals surface area contributed by atoms with Crippen LogP contribution in [0.3, 0.4) is 0 Å². The number of aryl methyl sites for hydroxylation is 1. The number of thiazole rings is 1. The van der Waals surface area contributed by atoms with E-state index in [9.17, 15) is 8.78 Å². The average molecular weight is 211 g/mol. The average Bonchev–Trinajstić information content (AvgIpc) is 2.65. The molecular weight excluding hydrogens is 204 g/mol. The van der Waals surface area contributed by atoms with Crippen molar-refractivity contribution in [2.24, 2.45) is 0 Å². The Morgan fingerprint density at radius 2 is 2.07 bits per heavy atom. The summed E-state index contributed by atoms with van der Waals surface area (Å²) in [6.45, 7) is 1.60. The van der Waals surface area contributed by atoms with E-state index in [1.165, 1.54) is 29.7 Å². The Balaban J connectivity index is 2.69. The summed E-state index contributed by atoms with van der Waals surface area (Å²) in [6, 6.07) is 2.68. The standard InChI is InChI=1S/C10H7F2NS/c1-6-2-3-7(11)8(9(6)12)10-13-4-5-14-10/h2-5H,1H3. The van der Waals surface area contributed by atoms with Gasteiger partial charge in [-0.25, -0.2) is 13.8 Å². The summed E-state index contributed by atoms with van der Waals surface area (Å²) in [5, 5.41) is 2.07. The van der Waals surface area contributed by atoms with Gasteiger partial charge in [0, 0.05) is 11.6 Å². The van der Waals surface area contributed by atoms with Crippen LogP contribution in [-0.4, -0.2) is 4.98 Å². The molecule has 1 nitrogen and oxygen atoms in total. The highest BCUT2D eigenvalue weighted by Gasteiger charge is 2.14. The van der Waals surface area contributed by atoms with Gasteiger partial charge in [-0.15, -0.1) is 11.3 Å². The molecule has 4 heteroatoms. The quantitative estimate of drug-likeness (QED) is 0.704. The lowest BCUT2D eigenvalue weighted by Gasteiger charge is -2.03. The van der Waals surface area contributed by atoms with Crippen LogP contribution >= 0.6 is 11.3 Å². The second-order valence-electron chi connectivity index (χ2n) is 2.89. The lowest BCUT2D eigenvalue weighted by Crippen LogP contribution is -1.92. The molecule has 0 aliphatic heterocycles. The topological polar surface area (TPSA) is 12.9 Å². The number of nitrogens with zero attached hydrogens (tertiary/aromatic N) is 1. The molecule has 0 saturated heterocycles. The van der Waals surface area contributed by atoms with Gasteiger partial charge < -0.3 is 0 Å². The first kappa shape index (κ1) is 9.27. The van der Waals surface area contributed by atoms with Gasteiger partial charge in [-0.3, -0.25) is 0 Å². The SMILES string of the molecule is Cc1ccc(F)c(-c2nccs2)c1F. The molecule has 0 unspecified atom stereocenters. The molecule has 2 rings (SSSR count). The van der Waals surface area contributed by atoms with E-state index in [1.54, 1.807) is 12.3 Å². The third-order valence-corrected chi connectivity index (χ3v) is 2.72. The summed E-state index contributed by atoms with van der Waals surface area (Å²) in [7, 11) is 0. The Kier molecular flexibility index (Phi) is 2.29. The van der Waals surface area contributed by atoms with Crippen LogP contribution < -0.4 is 0 Å². The number of hydrogen-bond acceptors (Lipinski definition) is 2. The molecule has 2 aromatic rings. The third kappa shape index (κ3) is 1.42. The van der Waals surface area contributed by atoms with Crippen molar-refractivity contribution in [3.05, 3.63) is 40.9 Å². The van der Waals surface area contributed by atoms with E-state index in [1.807, 2.05) is 0 Å². The molecule has 1 aromatic carbocycles. The first-order valence-electron chi connectivity index (χ1n) is 4.04. The molecular formula is C10H7F2NS. The van der Waals surface area contributed by atoms with Crippen LogP contribution in [0.5, 0.6) is 0 Å². The van der Waals surface area contributed by atoms with Crippen LogP contribution in [0, 0.1) is 18.6 Å². The van der Waals surface area contributed by atoms with Crippen molar-refractivity contribution in [1.82, 2.24) is 4.98 Å². The van der Waals surface area contributed by atoms with Crippen LogP contribution in [0.4, 0.5) is 8.78 Å². The van der Waals surface area contributed by atoms with Gasteiger partial charge in [0.1, 0.15) is 16.6 Å². The van der Waals surface area contributed by atoms with E-state index < -0.39 is 11.6 Å². The number of rotatable bonds is 1. The smallest absolute Gasteiger partial charge is 0.139 e. The van der Waals surface area contributed by atoms with E-state index in [-0.39, 0.29) is 5.56 Å². The molecule has 72 valence electrons. The molecule has 1 aromatic heterocycles. The molecule has 0 spiro atoms. The van der Waals surface area contributed by atoms with Crippen molar-refractivity contribution in [2.45, 2.75) is 6.92 Å². The minimum absolute atomic E-state index is 0.0278. The summed E-state index contributed by atoms with van der Waals surface area (Å²) in [4.78, 5) is 3.89. The van der Waals surface area contributed by atoms with E-state index in [0.717, 1.165) is 0 Å². The summed E-state index contributed by atoms with van der Waals surface area (Å²) in [6.07, 6.45) is 1.53. The van der Waals surface area contributed by atoms with E-state index in [4.69, 9.17) is 0 Å². The van der Waals surface area contributed by atoms with Crippen molar-refractivity contribution in [2.75, 3.05) is 0 Å². The Morgan fingerprint density at radius 3 is 2.71 bits per heavy atom. The fourth-order valence-corrected chi connectivity index (χ4v) is 1.88. The van der Waals surface area contributed by atoms with Crippen molar-refractivity contribution in [3.63, 3.8) is 0 Å². The molecule has 0 aliphatic carbocycles. The van der Waals surface area contributed by atoms with Crippen LogP contribution in [-0.2, 0) is 0 Å². The van der Waals surface area contributed by atoms with Gasteiger partial charge in [-0.05, 0) is 18.6 Å². The number of benzene rings is 1. The third-order valence-electron chi connectivity index (χ3n) is 1.93. The fourth-order valence-electron chi connectivity index (χ4n) is 1.20. The minimum Gasteiger partial charge on any atom is -0.244 e. The number of halogens is 2. The largest absolute Gasteiger partial charge is 0.244 e. The maximum absolute atomic E-state index is 13.6. The van der Waals surface area contributed by atoms with Crippen molar-refractivity contribution in [3.8, 4) is 10.6 Å². The summed E-state index contributed by atoms with van der Waals surface area (Å²) < 4.78 is 26.9. The fraction of sp³-hybridized carbons (Fsp3) is 0.100. The van der Waals surface area contributed by atoms with Crippen LogP contribution in [0.2, 0.25) is 0 Å². The number of aromatic nitrogens is 1. The zero-order chi connectivity index (χ0) is 10.1. The number of hydrogen-bond donors (Lipinski definition) is 0. The highest BCUT2D eigenvalue weighted by molar-refractivity contribution is 7.13. The van der Waals surface area contributed by atoms with Gasteiger partial charge in [0.2, 0.25) is 0 Å². The summed E-state index contributed by atoms with van der Waals surface area (Å²) in [5.74, 6) is -1.09. The van der Waals surface area contributed by atoms with Crippen LogP contribution in [0.1, 0.15) is 5.56 Å². The first-order valence-corrected chi connectivity index (χ1v) is 4.92. The second-order valence-corrected chi connectivity index (χ2v) is 3.79. The molecule has 14 heavy (non-hydrogen) atoms. The van der Waals surface area contributed by atoms with E-state index in [0.29, 0.717) is 10.6 Å². The highest BCUT2D eigenvalue weighted by Crippen LogP contribution is 2.29. The van der Waals surface area contributed by atoms with Gasteiger partial charge in [0.05, 0.1) is 5.56 Å². The molecule has 1 heterocycles. The van der Waals surface area contributed by atoms with Crippen molar-refractivity contribution >= 4 is 11.3 Å². The predicted octanol–water partition coefficient (Wildman–Crippen LogP) is 3.40. The van der Waals surface area contributed by atoms with Gasteiger partial charge in [0.15, 0.2) is 0 Å². The lowest BCUT2D eigenvalue weighted by atomic mass is 10.1. The second kappa shape index (κ2) is 3.46. The van der Waals surface area contributed by atoms with Crippen molar-refractivity contribution in [1.29, 1.82) is 0 Å². The van der Waals surface area contributed by atoms with Gasteiger partial charge in [-0.2, -0.15) is 0 Å². The summed E-state index contributed by atoms with van der Waals surface area (Å²) in [5.41, 5.74) is 0.400. The Labute approximate surface area is 84.0 Å². The maximum Gasteiger partial charge on any atom is 0.139 e. The summed E-state index contributed by atoms with van der Waals surface area (Å²) >= 11 is 1.22. The van der Waals surface area contributed by atoms with Gasteiger partial charge in [-0.1, -0.05) is 6.07 Å². The molecule has 0 aliphatic rings. The van der Waals surface area contributed by atoms with E-state index >= 15 is 0 Å². The van der Waals surface area contributed by atoms with Crippen molar-refractivity contribution < 1.29 is 8.78 Å². The molecule has 0 bridgehead atoms. The highest BCUT2D eigenvalue weighted by atomic mass is 32.1. The lowest BCUT2D eigenvalue weighted by molar-refractivity contribution is 0.583. The molecule has 0 radical (unpaired) electrons. The monoisotopic (exact) mass is 211 g/mol. The first-order chi connectivity index (χ1) is 6.70. The Bertz CT molecular complexity index is 451. The maximum atomic E-state index is 13.6. The molecule has 0 fully saturated rings.